The highest BCUT2D eigenvalue weighted by molar-refractivity contribution is 14.1. The second-order valence-corrected chi connectivity index (χ2v) is 5.89. The van der Waals surface area contributed by atoms with Gasteiger partial charge in [0.2, 0.25) is 0 Å². The summed E-state index contributed by atoms with van der Waals surface area (Å²) in [5.74, 6) is 0.280. The number of halogens is 1. The third-order valence-corrected chi connectivity index (χ3v) is 3.54. The standard InChI is InChI=1S/C18H15IN2O2/c1-2-23-17-10-13(9-15(19)11-17)8-14(12-20)18(22)21-16-6-4-3-5-7-16/h3-11H,2H2,1H3,(H,21,22)/b14-8+. The SMILES string of the molecule is CCOc1cc(I)cc(/C=C(\C#N)C(=O)Nc2ccccc2)c1. The second-order valence-electron chi connectivity index (χ2n) is 4.64. The molecule has 0 aliphatic heterocycles. The Labute approximate surface area is 148 Å². The lowest BCUT2D eigenvalue weighted by molar-refractivity contribution is -0.112. The molecule has 0 fully saturated rings. The summed E-state index contributed by atoms with van der Waals surface area (Å²) in [6.45, 7) is 2.46. The summed E-state index contributed by atoms with van der Waals surface area (Å²) in [5, 5.41) is 12.0. The zero-order valence-electron chi connectivity index (χ0n) is 12.5. The molecule has 0 bridgehead atoms. The van der Waals surface area contributed by atoms with E-state index in [1.807, 2.05) is 43.3 Å². The van der Waals surface area contributed by atoms with Gasteiger partial charge in [-0.2, -0.15) is 5.26 Å². The van der Waals surface area contributed by atoms with Crippen LogP contribution in [-0.2, 0) is 4.79 Å². The lowest BCUT2D eigenvalue weighted by Crippen LogP contribution is -2.13. The first-order valence-corrected chi connectivity index (χ1v) is 8.12. The van der Waals surface area contributed by atoms with E-state index < -0.39 is 5.91 Å². The summed E-state index contributed by atoms with van der Waals surface area (Å²) in [7, 11) is 0. The maximum absolute atomic E-state index is 12.2. The Morgan fingerprint density at radius 3 is 2.70 bits per heavy atom. The van der Waals surface area contributed by atoms with Crippen molar-refractivity contribution in [1.29, 1.82) is 5.26 Å². The molecule has 1 N–H and O–H groups in total. The second kappa shape index (κ2) is 8.34. The Morgan fingerprint density at radius 1 is 1.30 bits per heavy atom. The van der Waals surface area contributed by atoms with Gasteiger partial charge in [0.05, 0.1) is 6.61 Å². The average Bonchev–Trinajstić information content (AvgIpc) is 2.53. The smallest absolute Gasteiger partial charge is 0.266 e. The van der Waals surface area contributed by atoms with E-state index in [0.29, 0.717) is 18.0 Å². The first-order chi connectivity index (χ1) is 11.1. The molecule has 5 heteroatoms. The maximum atomic E-state index is 12.2. The highest BCUT2D eigenvalue weighted by Gasteiger charge is 2.10. The minimum atomic E-state index is -0.435. The number of hydrogen-bond acceptors (Lipinski definition) is 3. The molecule has 2 aromatic rings. The van der Waals surface area contributed by atoms with Crippen molar-refractivity contribution >= 4 is 40.3 Å². The number of hydrogen-bond donors (Lipinski definition) is 1. The number of rotatable bonds is 5. The van der Waals surface area contributed by atoms with E-state index >= 15 is 0 Å². The topological polar surface area (TPSA) is 62.1 Å². The predicted octanol–water partition coefficient (Wildman–Crippen LogP) is 4.24. The molecule has 0 unspecified atom stereocenters. The molecule has 0 aliphatic rings. The van der Waals surface area contributed by atoms with Crippen LogP contribution >= 0.6 is 22.6 Å². The number of amides is 1. The van der Waals surface area contributed by atoms with Crippen molar-refractivity contribution in [2.24, 2.45) is 0 Å². The maximum Gasteiger partial charge on any atom is 0.266 e. The number of carbonyl (C=O) groups excluding carboxylic acids is 1. The largest absolute Gasteiger partial charge is 0.494 e. The Morgan fingerprint density at radius 2 is 2.04 bits per heavy atom. The molecule has 0 saturated heterocycles. The molecular formula is C18H15IN2O2. The fourth-order valence-electron chi connectivity index (χ4n) is 1.95. The molecule has 0 atom stereocenters. The number of benzene rings is 2. The number of nitriles is 1. The Bertz CT molecular complexity index is 764. The Kier molecular flexibility index (Phi) is 6.18. The van der Waals surface area contributed by atoms with Gasteiger partial charge < -0.3 is 10.1 Å². The fourth-order valence-corrected chi connectivity index (χ4v) is 2.62. The zero-order chi connectivity index (χ0) is 16.7. The van der Waals surface area contributed by atoms with E-state index in [1.54, 1.807) is 24.3 Å². The Hall–Kier alpha value is -2.33. The number of ether oxygens (including phenoxy) is 1. The van der Waals surface area contributed by atoms with Gasteiger partial charge in [-0.1, -0.05) is 18.2 Å². The number of anilines is 1. The third kappa shape index (κ3) is 5.11. The van der Waals surface area contributed by atoms with Crippen molar-refractivity contribution in [2.75, 3.05) is 11.9 Å². The van der Waals surface area contributed by atoms with Gasteiger partial charge in [0.25, 0.3) is 5.91 Å². The lowest BCUT2D eigenvalue weighted by Gasteiger charge is -2.06. The lowest BCUT2D eigenvalue weighted by atomic mass is 10.1. The normalized spacial score (nSPS) is 10.7. The fraction of sp³-hybridized carbons (Fsp3) is 0.111. The van der Waals surface area contributed by atoms with E-state index in [9.17, 15) is 10.1 Å². The van der Waals surface area contributed by atoms with Crippen molar-refractivity contribution in [3.63, 3.8) is 0 Å². The van der Waals surface area contributed by atoms with E-state index in [0.717, 1.165) is 9.13 Å². The van der Waals surface area contributed by atoms with Gasteiger partial charge in [-0.25, -0.2) is 0 Å². The van der Waals surface area contributed by atoms with Crippen LogP contribution in [0.25, 0.3) is 6.08 Å². The first-order valence-electron chi connectivity index (χ1n) is 7.04. The molecule has 0 aromatic heterocycles. The van der Waals surface area contributed by atoms with Gasteiger partial charge in [-0.3, -0.25) is 4.79 Å². The van der Waals surface area contributed by atoms with Crippen molar-refractivity contribution in [2.45, 2.75) is 6.92 Å². The molecular weight excluding hydrogens is 403 g/mol. The molecule has 23 heavy (non-hydrogen) atoms. The summed E-state index contributed by atoms with van der Waals surface area (Å²) < 4.78 is 6.45. The number of nitrogens with one attached hydrogen (secondary N) is 1. The van der Waals surface area contributed by atoms with E-state index in [4.69, 9.17) is 4.74 Å². The average molecular weight is 418 g/mol. The minimum Gasteiger partial charge on any atom is -0.494 e. The first kappa shape index (κ1) is 17.0. The van der Waals surface area contributed by atoms with Gasteiger partial charge in [-0.15, -0.1) is 0 Å². The molecule has 0 radical (unpaired) electrons. The van der Waals surface area contributed by atoms with Crippen LogP contribution in [0, 0.1) is 14.9 Å². The van der Waals surface area contributed by atoms with Crippen LogP contribution in [-0.4, -0.2) is 12.5 Å². The summed E-state index contributed by atoms with van der Waals surface area (Å²) in [6.07, 6.45) is 1.56. The summed E-state index contributed by atoms with van der Waals surface area (Å²) in [4.78, 5) is 12.2. The van der Waals surface area contributed by atoms with E-state index in [1.165, 1.54) is 0 Å². The van der Waals surface area contributed by atoms with Crippen LogP contribution in [0.3, 0.4) is 0 Å². The van der Waals surface area contributed by atoms with Crippen LogP contribution in [0.2, 0.25) is 0 Å². The molecule has 116 valence electrons. The number of nitrogens with zero attached hydrogens (tertiary/aromatic N) is 1. The molecule has 2 aromatic carbocycles. The number of para-hydroxylation sites is 1. The van der Waals surface area contributed by atoms with Gasteiger partial charge >= 0.3 is 0 Å². The van der Waals surface area contributed by atoms with Crippen LogP contribution in [0.15, 0.2) is 54.1 Å². The van der Waals surface area contributed by atoms with Crippen molar-refractivity contribution in [3.05, 3.63) is 63.2 Å². The van der Waals surface area contributed by atoms with Crippen LogP contribution in [0.4, 0.5) is 5.69 Å². The molecule has 0 aliphatic carbocycles. The van der Waals surface area contributed by atoms with E-state index in [-0.39, 0.29) is 5.57 Å². The quantitative estimate of drug-likeness (QED) is 0.449. The van der Waals surface area contributed by atoms with Gasteiger partial charge in [-0.05, 0) is 71.5 Å². The molecule has 1 amide bonds. The van der Waals surface area contributed by atoms with Crippen molar-refractivity contribution < 1.29 is 9.53 Å². The van der Waals surface area contributed by atoms with Gasteiger partial charge in [0.1, 0.15) is 17.4 Å². The summed E-state index contributed by atoms with van der Waals surface area (Å²) >= 11 is 2.17. The predicted molar refractivity (Wildman–Crippen MR) is 99.0 cm³/mol. The zero-order valence-corrected chi connectivity index (χ0v) is 14.7. The number of carbonyl (C=O) groups is 1. The monoisotopic (exact) mass is 418 g/mol. The van der Waals surface area contributed by atoms with Crippen LogP contribution < -0.4 is 10.1 Å². The van der Waals surface area contributed by atoms with Crippen LogP contribution in [0.1, 0.15) is 12.5 Å². The summed E-state index contributed by atoms with van der Waals surface area (Å²) in [5.41, 5.74) is 1.44. The molecule has 4 nitrogen and oxygen atoms in total. The molecule has 0 spiro atoms. The minimum absolute atomic E-state index is 0.0401. The highest BCUT2D eigenvalue weighted by atomic mass is 127. The van der Waals surface area contributed by atoms with Crippen LogP contribution in [0.5, 0.6) is 5.75 Å². The summed E-state index contributed by atoms with van der Waals surface area (Å²) in [6, 6.07) is 16.6. The molecule has 2 rings (SSSR count). The van der Waals surface area contributed by atoms with Crippen molar-refractivity contribution in [1.82, 2.24) is 0 Å². The van der Waals surface area contributed by atoms with Gasteiger partial charge in [0.15, 0.2) is 0 Å². The Balaban J connectivity index is 2.24. The van der Waals surface area contributed by atoms with Crippen molar-refractivity contribution in [3.8, 4) is 11.8 Å². The van der Waals surface area contributed by atoms with E-state index in [2.05, 4.69) is 27.9 Å². The van der Waals surface area contributed by atoms with Gasteiger partial charge in [0, 0.05) is 9.26 Å². The highest BCUT2D eigenvalue weighted by Crippen LogP contribution is 2.21. The molecule has 0 saturated carbocycles. The molecule has 0 heterocycles. The third-order valence-electron chi connectivity index (χ3n) is 2.91.